The van der Waals surface area contributed by atoms with Crippen LogP contribution in [0.15, 0.2) is 47.4 Å². The van der Waals surface area contributed by atoms with Crippen molar-refractivity contribution in [2.75, 3.05) is 23.7 Å². The van der Waals surface area contributed by atoms with Crippen molar-refractivity contribution >= 4 is 52.5 Å². The number of nitrogens with one attached hydrogen (secondary N) is 2. The van der Waals surface area contributed by atoms with Gasteiger partial charge in [0.15, 0.2) is 0 Å². The molecule has 1 unspecified atom stereocenters. The van der Waals surface area contributed by atoms with Crippen molar-refractivity contribution in [3.05, 3.63) is 53.1 Å². The van der Waals surface area contributed by atoms with Gasteiger partial charge >= 0.3 is 0 Å². The molecule has 0 saturated heterocycles. The number of hydrogen-bond acceptors (Lipinski definition) is 4. The maximum absolute atomic E-state index is 12.5. The number of thioether (sulfide) groups is 1. The predicted molar refractivity (Wildman–Crippen MR) is 117 cm³/mol. The molecular formula is C21H22ClN3O3S. The van der Waals surface area contributed by atoms with Crippen LogP contribution in [0.3, 0.4) is 0 Å². The van der Waals surface area contributed by atoms with Crippen molar-refractivity contribution in [2.45, 2.75) is 30.4 Å². The number of halogens is 1. The average Bonchev–Trinajstić information content (AvgIpc) is 2.69. The molecule has 1 heterocycles. The number of hydrogen-bond donors (Lipinski definition) is 2. The van der Waals surface area contributed by atoms with Crippen LogP contribution in [0.25, 0.3) is 0 Å². The first-order valence-corrected chi connectivity index (χ1v) is 10.6. The van der Waals surface area contributed by atoms with Gasteiger partial charge in [-0.05, 0) is 50.2 Å². The second kappa shape index (κ2) is 9.33. The summed E-state index contributed by atoms with van der Waals surface area (Å²) in [6.07, 6.45) is 0.0206. The van der Waals surface area contributed by atoms with Crippen molar-refractivity contribution in [1.82, 2.24) is 4.90 Å². The van der Waals surface area contributed by atoms with E-state index in [0.717, 1.165) is 4.90 Å². The van der Waals surface area contributed by atoms with Crippen LogP contribution in [-0.2, 0) is 9.59 Å². The maximum atomic E-state index is 12.5. The Hall–Kier alpha value is -2.51. The second-order valence-corrected chi connectivity index (χ2v) is 8.23. The fourth-order valence-corrected chi connectivity index (χ4v) is 4.32. The highest BCUT2D eigenvalue weighted by Gasteiger charge is 2.29. The Morgan fingerprint density at radius 2 is 1.93 bits per heavy atom. The molecule has 3 amide bonds. The standard InChI is InChI=1S/C21H22ClN3O3S/c1-3-25(4-2)21(28)13-6-5-7-15(10-13)23-19(26)12-18-20(27)24-16-11-14(22)8-9-17(16)29-18/h5-11,18H,3-4,12H2,1-2H3,(H,23,26)(H,24,27). The SMILES string of the molecule is CCN(CC)C(=O)c1cccc(NC(=O)CC2Sc3ccc(Cl)cc3NC2=O)c1. The lowest BCUT2D eigenvalue weighted by atomic mass is 10.1. The Morgan fingerprint density at radius 1 is 1.17 bits per heavy atom. The molecule has 2 aromatic rings. The van der Waals surface area contributed by atoms with E-state index in [1.54, 1.807) is 41.3 Å². The van der Waals surface area contributed by atoms with Gasteiger partial charge in [0.25, 0.3) is 5.91 Å². The first-order chi connectivity index (χ1) is 13.9. The maximum Gasteiger partial charge on any atom is 0.253 e. The number of carbonyl (C=O) groups excluding carboxylic acids is 3. The highest BCUT2D eigenvalue weighted by Crippen LogP contribution is 2.38. The van der Waals surface area contributed by atoms with Crippen LogP contribution in [0.4, 0.5) is 11.4 Å². The number of nitrogens with zero attached hydrogens (tertiary/aromatic N) is 1. The summed E-state index contributed by atoms with van der Waals surface area (Å²) >= 11 is 7.29. The van der Waals surface area contributed by atoms with E-state index in [2.05, 4.69) is 10.6 Å². The van der Waals surface area contributed by atoms with E-state index in [1.807, 2.05) is 19.9 Å². The van der Waals surface area contributed by atoms with Crippen LogP contribution in [0.5, 0.6) is 0 Å². The summed E-state index contributed by atoms with van der Waals surface area (Å²) in [4.78, 5) is 39.9. The molecule has 1 aliphatic heterocycles. The second-order valence-electron chi connectivity index (χ2n) is 6.55. The van der Waals surface area contributed by atoms with Crippen LogP contribution < -0.4 is 10.6 Å². The van der Waals surface area contributed by atoms with Gasteiger partial charge < -0.3 is 15.5 Å². The summed E-state index contributed by atoms with van der Waals surface area (Å²) in [5.41, 5.74) is 1.70. The first kappa shape index (κ1) is 21.2. The summed E-state index contributed by atoms with van der Waals surface area (Å²) in [7, 11) is 0. The molecule has 0 aliphatic carbocycles. The van der Waals surface area contributed by atoms with Gasteiger partial charge in [-0.25, -0.2) is 0 Å². The van der Waals surface area contributed by atoms with E-state index < -0.39 is 5.25 Å². The van der Waals surface area contributed by atoms with Gasteiger partial charge in [-0.1, -0.05) is 17.7 Å². The molecular weight excluding hydrogens is 410 g/mol. The summed E-state index contributed by atoms with van der Waals surface area (Å²) in [5.74, 6) is -0.600. The Labute approximate surface area is 179 Å². The van der Waals surface area contributed by atoms with Gasteiger partial charge in [-0.15, -0.1) is 11.8 Å². The molecule has 2 aromatic carbocycles. The molecule has 0 bridgehead atoms. The highest BCUT2D eigenvalue weighted by atomic mass is 35.5. The Bertz CT molecular complexity index is 947. The molecule has 1 aliphatic rings. The molecule has 0 fully saturated rings. The number of benzene rings is 2. The summed E-state index contributed by atoms with van der Waals surface area (Å²) in [6.45, 7) is 5.08. The molecule has 3 rings (SSSR count). The minimum atomic E-state index is -0.538. The summed E-state index contributed by atoms with van der Waals surface area (Å²) < 4.78 is 0. The Morgan fingerprint density at radius 3 is 2.66 bits per heavy atom. The van der Waals surface area contributed by atoms with Crippen LogP contribution in [0.1, 0.15) is 30.6 Å². The molecule has 2 N–H and O–H groups in total. The molecule has 0 aromatic heterocycles. The molecule has 0 radical (unpaired) electrons. The fraction of sp³-hybridized carbons (Fsp3) is 0.286. The van der Waals surface area contributed by atoms with E-state index in [9.17, 15) is 14.4 Å². The summed E-state index contributed by atoms with van der Waals surface area (Å²) in [6, 6.07) is 12.1. The molecule has 152 valence electrons. The molecule has 8 heteroatoms. The quantitative estimate of drug-likeness (QED) is 0.716. The normalized spacial score (nSPS) is 15.3. The molecule has 29 heavy (non-hydrogen) atoms. The van der Waals surface area contributed by atoms with Gasteiger partial charge in [-0.2, -0.15) is 0 Å². The zero-order valence-electron chi connectivity index (χ0n) is 16.2. The van der Waals surface area contributed by atoms with Gasteiger partial charge in [0.05, 0.1) is 10.9 Å². The van der Waals surface area contributed by atoms with Crippen LogP contribution >= 0.6 is 23.4 Å². The molecule has 0 saturated carbocycles. The molecule has 6 nitrogen and oxygen atoms in total. The van der Waals surface area contributed by atoms with Crippen LogP contribution in [0.2, 0.25) is 5.02 Å². The van der Waals surface area contributed by atoms with Crippen molar-refractivity contribution in [3.63, 3.8) is 0 Å². The lowest BCUT2D eigenvalue weighted by Crippen LogP contribution is -2.32. The number of fused-ring (bicyclic) bond motifs is 1. The van der Waals surface area contributed by atoms with Gasteiger partial charge in [-0.3, -0.25) is 14.4 Å². The predicted octanol–water partition coefficient (Wildman–Crippen LogP) is 4.26. The van der Waals surface area contributed by atoms with Crippen LogP contribution in [-0.4, -0.2) is 41.0 Å². The third-order valence-electron chi connectivity index (χ3n) is 4.58. The number of amides is 3. The Balaban J connectivity index is 1.65. The fourth-order valence-electron chi connectivity index (χ4n) is 3.06. The minimum Gasteiger partial charge on any atom is -0.339 e. The van der Waals surface area contributed by atoms with Gasteiger partial charge in [0, 0.05) is 40.7 Å². The topological polar surface area (TPSA) is 78.5 Å². The zero-order valence-corrected chi connectivity index (χ0v) is 17.8. The molecule has 1 atom stereocenters. The lowest BCUT2D eigenvalue weighted by molar-refractivity contribution is -0.120. The highest BCUT2D eigenvalue weighted by molar-refractivity contribution is 8.01. The van der Waals surface area contributed by atoms with E-state index in [1.165, 1.54) is 11.8 Å². The molecule has 0 spiro atoms. The van der Waals surface area contributed by atoms with Crippen molar-refractivity contribution in [1.29, 1.82) is 0 Å². The van der Waals surface area contributed by atoms with Crippen molar-refractivity contribution in [3.8, 4) is 0 Å². The number of carbonyl (C=O) groups is 3. The first-order valence-electron chi connectivity index (χ1n) is 9.37. The van der Waals surface area contributed by atoms with Crippen LogP contribution in [0, 0.1) is 0 Å². The third-order valence-corrected chi connectivity index (χ3v) is 6.09. The minimum absolute atomic E-state index is 0.0206. The van der Waals surface area contributed by atoms with E-state index in [0.29, 0.717) is 35.1 Å². The van der Waals surface area contributed by atoms with Gasteiger partial charge in [0.1, 0.15) is 0 Å². The third kappa shape index (κ3) is 5.10. The van der Waals surface area contributed by atoms with E-state index in [4.69, 9.17) is 11.6 Å². The monoisotopic (exact) mass is 431 g/mol. The van der Waals surface area contributed by atoms with Crippen molar-refractivity contribution < 1.29 is 14.4 Å². The Kier molecular flexibility index (Phi) is 6.82. The zero-order chi connectivity index (χ0) is 21.0. The van der Waals surface area contributed by atoms with E-state index >= 15 is 0 Å². The average molecular weight is 432 g/mol. The largest absolute Gasteiger partial charge is 0.339 e. The van der Waals surface area contributed by atoms with Gasteiger partial charge in [0.2, 0.25) is 11.8 Å². The smallest absolute Gasteiger partial charge is 0.253 e. The summed E-state index contributed by atoms with van der Waals surface area (Å²) in [5, 5.41) is 5.59. The van der Waals surface area contributed by atoms with Crippen molar-refractivity contribution in [2.24, 2.45) is 0 Å². The number of anilines is 2. The number of rotatable bonds is 6. The van der Waals surface area contributed by atoms with E-state index in [-0.39, 0.29) is 24.1 Å². The lowest BCUT2D eigenvalue weighted by Gasteiger charge is -2.24.